The number of sulfonamides is 1. The molecule has 0 spiro atoms. The normalized spacial score (nSPS) is 21.0. The summed E-state index contributed by atoms with van der Waals surface area (Å²) in [6.07, 6.45) is -0.718. The fraction of sp³-hybridized carbons (Fsp3) is 0.375. The van der Waals surface area contributed by atoms with Gasteiger partial charge in [-0.05, 0) is 36.6 Å². The van der Waals surface area contributed by atoms with Gasteiger partial charge in [-0.1, -0.05) is 36.4 Å². The molecule has 11 nitrogen and oxygen atoms in total. The Morgan fingerprint density at radius 3 is 2.44 bits per heavy atom. The van der Waals surface area contributed by atoms with Crippen LogP contribution >= 0.6 is 0 Å². The number of aryl methyl sites for hydroxylation is 1. The lowest BCUT2D eigenvalue weighted by atomic mass is 9.97. The van der Waals surface area contributed by atoms with Gasteiger partial charge in [0.25, 0.3) is 0 Å². The first kappa shape index (κ1) is 27.4. The number of aliphatic carboxylic acids is 1. The van der Waals surface area contributed by atoms with E-state index in [0.717, 1.165) is 12.6 Å². The molecule has 0 aliphatic carbocycles. The van der Waals surface area contributed by atoms with Crippen LogP contribution in [0.2, 0.25) is 0 Å². The molecule has 1 saturated heterocycles. The molecule has 1 fully saturated rings. The van der Waals surface area contributed by atoms with Gasteiger partial charge in [0, 0.05) is 19.0 Å². The van der Waals surface area contributed by atoms with Gasteiger partial charge in [-0.15, -0.1) is 4.00 Å². The number of Topliss-reactive ketones (excluding diaryl/α,β-unsaturated/α-hetero) is 1. The zero-order valence-electron chi connectivity index (χ0n) is 20.4. The lowest BCUT2D eigenvalue weighted by molar-refractivity contribution is -0.815. The molecule has 12 heteroatoms. The maximum absolute atomic E-state index is 13.2. The van der Waals surface area contributed by atoms with Crippen molar-refractivity contribution in [2.45, 2.75) is 49.3 Å². The number of carbonyl (C=O) groups is 2. The topological polar surface area (TPSA) is 177 Å². The van der Waals surface area contributed by atoms with Crippen molar-refractivity contribution in [1.82, 2.24) is 5.06 Å². The molecule has 0 amide bonds. The Morgan fingerprint density at radius 2 is 1.89 bits per heavy atom. The third kappa shape index (κ3) is 5.63. The van der Waals surface area contributed by atoms with Gasteiger partial charge >= 0.3 is 16.0 Å². The fourth-order valence-electron chi connectivity index (χ4n) is 4.31. The molecule has 194 valence electrons. The van der Waals surface area contributed by atoms with Gasteiger partial charge < -0.3 is 10.8 Å². The molecule has 1 aliphatic rings. The Bertz CT molecular complexity index is 1260. The zero-order chi connectivity index (χ0) is 26.8. The second kappa shape index (κ2) is 10.4. The molecule has 6 N–H and O–H groups in total. The van der Waals surface area contributed by atoms with Crippen molar-refractivity contribution >= 4 is 27.6 Å². The summed E-state index contributed by atoms with van der Waals surface area (Å²) in [7, 11) is -1.52. The maximum Gasteiger partial charge on any atom is 0.366 e. The Labute approximate surface area is 210 Å². The first-order valence-electron chi connectivity index (χ1n) is 11.3. The Balaban J connectivity index is 1.71. The summed E-state index contributed by atoms with van der Waals surface area (Å²) in [6.45, 7) is 1.71. The highest BCUT2D eigenvalue weighted by Gasteiger charge is 2.49. The van der Waals surface area contributed by atoms with E-state index in [1.165, 1.54) is 12.1 Å². The summed E-state index contributed by atoms with van der Waals surface area (Å²) in [5, 5.41) is 18.9. The molecule has 1 heterocycles. The third-order valence-corrected chi connectivity index (χ3v) is 8.57. The van der Waals surface area contributed by atoms with Crippen LogP contribution in [0.5, 0.6) is 0 Å². The van der Waals surface area contributed by atoms with Gasteiger partial charge in [0.2, 0.25) is 6.04 Å². The summed E-state index contributed by atoms with van der Waals surface area (Å²) in [5.41, 5.74) is 7.68. The van der Waals surface area contributed by atoms with Gasteiger partial charge in [-0.25, -0.2) is 4.79 Å². The van der Waals surface area contributed by atoms with Crippen LogP contribution in [-0.4, -0.2) is 66.4 Å². The third-order valence-electron chi connectivity index (χ3n) is 6.43. The number of hydrogen-bond donors (Lipinski definition) is 4. The predicted molar refractivity (Wildman–Crippen MR) is 132 cm³/mol. The predicted octanol–water partition coefficient (Wildman–Crippen LogP) is 1.47. The summed E-state index contributed by atoms with van der Waals surface area (Å²) in [4.78, 5) is 30.6. The number of nitrogen functional groups attached to an aromatic ring is 1. The van der Waals surface area contributed by atoms with E-state index in [9.17, 15) is 23.1 Å². The number of carboxylic acid groups (broad SMARTS) is 1. The van der Waals surface area contributed by atoms with Crippen molar-refractivity contribution in [2.75, 3.05) is 14.1 Å². The number of rotatable bonds is 10. The lowest BCUT2D eigenvalue weighted by Gasteiger charge is -2.32. The molecular formula is C24H32N5O6S+. The number of carboxylic acids is 1. The molecule has 2 aromatic carbocycles. The lowest BCUT2D eigenvalue weighted by Crippen LogP contribution is -2.64. The summed E-state index contributed by atoms with van der Waals surface area (Å²) in [5.74, 6) is 4.09. The van der Waals surface area contributed by atoms with E-state index >= 15 is 0 Å². The highest BCUT2D eigenvalue weighted by Crippen LogP contribution is 2.34. The number of carbonyl (C=O) groups excluding carboxylic acids is 1. The monoisotopic (exact) mass is 518 g/mol. The quantitative estimate of drug-likeness (QED) is 0.119. The average Bonchev–Trinajstić information content (AvgIpc) is 3.16. The van der Waals surface area contributed by atoms with Gasteiger partial charge in [-0.2, -0.15) is 19.3 Å². The van der Waals surface area contributed by atoms with Gasteiger partial charge in [0.1, 0.15) is 23.6 Å². The molecule has 1 unspecified atom stereocenters. The number of quaternary nitrogens is 1. The number of hydroxylamine groups is 2. The minimum Gasteiger partial charge on any atom is -0.477 e. The van der Waals surface area contributed by atoms with E-state index in [4.69, 9.17) is 21.8 Å². The highest BCUT2D eigenvalue weighted by molar-refractivity contribution is 7.86. The molecule has 36 heavy (non-hydrogen) atoms. The second-order valence-electron chi connectivity index (χ2n) is 9.21. The van der Waals surface area contributed by atoms with Crippen molar-refractivity contribution in [1.29, 1.82) is 5.41 Å². The molecule has 1 aliphatic heterocycles. The molecule has 0 aromatic heterocycles. The van der Waals surface area contributed by atoms with E-state index in [-0.39, 0.29) is 23.2 Å². The largest absolute Gasteiger partial charge is 0.477 e. The van der Waals surface area contributed by atoms with Crippen LogP contribution in [0.25, 0.3) is 0 Å². The summed E-state index contributed by atoms with van der Waals surface area (Å²) < 4.78 is 25.0. The number of benzene rings is 2. The first-order valence-corrected chi connectivity index (χ1v) is 12.7. The van der Waals surface area contributed by atoms with Crippen molar-refractivity contribution in [3.8, 4) is 0 Å². The Kier molecular flexibility index (Phi) is 7.96. The number of nitrogens with one attached hydrogen (secondary N) is 1. The number of hydrogen-bond acceptors (Lipinski definition) is 8. The van der Waals surface area contributed by atoms with Crippen LogP contribution < -0.4 is 11.6 Å². The number of ketones is 1. The zero-order valence-corrected chi connectivity index (χ0v) is 21.2. The van der Waals surface area contributed by atoms with E-state index in [0.29, 0.717) is 17.5 Å². The Hall–Kier alpha value is -3.16. The van der Waals surface area contributed by atoms with Crippen LogP contribution in [0.4, 0.5) is 0 Å². The van der Waals surface area contributed by atoms with Gasteiger partial charge in [0.05, 0.1) is 18.6 Å². The van der Waals surface area contributed by atoms with E-state index < -0.39 is 44.3 Å². The standard InChI is InChI=1S/C24H31N5O6S/c1-15-5-4-6-20(11-15)36(33,34)29(3,27)22(24(31)32)13-18(30)12-19-14-21(28(2)35-19)16-7-9-17(10-8-16)23(25)26/h4-11,19,21-22H,12-14,27H2,1-3H3,(H3-,25,26,31,32)/p+1/t19-,21+,22+,29?/m1/s1. The number of amidine groups is 1. The average molecular weight is 519 g/mol. The van der Waals surface area contributed by atoms with Crippen LogP contribution in [0.1, 0.15) is 42.0 Å². The first-order chi connectivity index (χ1) is 16.7. The van der Waals surface area contributed by atoms with Gasteiger partial charge in [-0.3, -0.25) is 15.0 Å². The van der Waals surface area contributed by atoms with Crippen LogP contribution in [-0.2, 0) is 24.4 Å². The van der Waals surface area contributed by atoms with Crippen LogP contribution in [0, 0.1) is 12.3 Å². The second-order valence-corrected chi connectivity index (χ2v) is 11.4. The maximum atomic E-state index is 13.2. The molecule has 0 radical (unpaired) electrons. The summed E-state index contributed by atoms with van der Waals surface area (Å²) in [6, 6.07) is 11.3. The number of nitrogens with zero attached hydrogens (tertiary/aromatic N) is 2. The van der Waals surface area contributed by atoms with Gasteiger partial charge in [0.15, 0.2) is 0 Å². The van der Waals surface area contributed by atoms with E-state index in [1.54, 1.807) is 43.3 Å². The minimum atomic E-state index is -4.32. The molecule has 0 bridgehead atoms. The smallest absolute Gasteiger partial charge is 0.366 e. The van der Waals surface area contributed by atoms with Crippen molar-refractivity contribution in [3.05, 3.63) is 65.2 Å². The SMILES string of the molecule is Cc1cccc(S(=O)(=O)[N+](C)(N)[C@@H](CC(=O)C[C@@H]2C[C@@H](c3ccc(C(=N)N)cc3)N(C)O2)C(=O)O)c1. The molecule has 3 rings (SSSR count). The molecule has 4 atom stereocenters. The van der Waals surface area contributed by atoms with Crippen molar-refractivity contribution in [3.63, 3.8) is 0 Å². The van der Waals surface area contributed by atoms with Crippen molar-refractivity contribution < 1.29 is 31.9 Å². The minimum absolute atomic E-state index is 0.0382. The highest BCUT2D eigenvalue weighted by atomic mass is 32.2. The van der Waals surface area contributed by atoms with E-state index in [1.807, 2.05) is 12.1 Å². The molecule has 2 aromatic rings. The van der Waals surface area contributed by atoms with Crippen LogP contribution in [0.15, 0.2) is 53.4 Å². The molecule has 0 saturated carbocycles. The van der Waals surface area contributed by atoms with Crippen molar-refractivity contribution in [2.24, 2.45) is 11.6 Å². The Morgan fingerprint density at radius 1 is 1.25 bits per heavy atom. The molecular weight excluding hydrogens is 486 g/mol. The van der Waals surface area contributed by atoms with E-state index in [2.05, 4.69) is 0 Å². The van der Waals surface area contributed by atoms with Crippen LogP contribution in [0.3, 0.4) is 0 Å². The summed E-state index contributed by atoms with van der Waals surface area (Å²) >= 11 is 0. The fourth-order valence-corrected chi connectivity index (χ4v) is 5.85. The number of likely N-dealkylation sites (N-methyl/N-ethyl adjacent to an activating group) is 1. The number of nitrogens with two attached hydrogens (primary N) is 2.